The summed E-state index contributed by atoms with van der Waals surface area (Å²) in [6.45, 7) is 3.46. The first-order chi connectivity index (χ1) is 13.7. The van der Waals surface area contributed by atoms with Gasteiger partial charge in [-0.1, -0.05) is 71.7 Å². The van der Waals surface area contributed by atoms with Crippen LogP contribution in [0.2, 0.25) is 10.0 Å². The van der Waals surface area contributed by atoms with Gasteiger partial charge in [0.15, 0.2) is 0 Å². The third kappa shape index (κ3) is 3.75. The van der Waals surface area contributed by atoms with Gasteiger partial charge in [-0.15, -0.1) is 0 Å². The van der Waals surface area contributed by atoms with E-state index in [1.807, 2.05) is 25.1 Å². The molecule has 3 aromatic rings. The normalized spacial score (nSPS) is 15.8. The van der Waals surface area contributed by atoms with Gasteiger partial charge in [-0.3, -0.25) is 0 Å². The Labute approximate surface area is 176 Å². The third-order valence-corrected chi connectivity index (χ3v) is 5.74. The SMILES string of the molecule is CCOCCC1=C(c2ccc(Cl)cc2)c2ccc(Cl)cc2C1c1ccccc1. The fourth-order valence-corrected chi connectivity index (χ4v) is 4.39. The lowest BCUT2D eigenvalue weighted by molar-refractivity contribution is 0.150. The molecule has 0 N–H and O–H groups in total. The summed E-state index contributed by atoms with van der Waals surface area (Å²) in [5, 5.41) is 1.51. The van der Waals surface area contributed by atoms with Crippen molar-refractivity contribution in [3.63, 3.8) is 0 Å². The van der Waals surface area contributed by atoms with Crippen molar-refractivity contribution in [1.29, 1.82) is 0 Å². The van der Waals surface area contributed by atoms with Gasteiger partial charge in [-0.2, -0.15) is 0 Å². The second-order valence-corrected chi connectivity index (χ2v) is 7.80. The van der Waals surface area contributed by atoms with Crippen LogP contribution in [0.5, 0.6) is 0 Å². The molecule has 28 heavy (non-hydrogen) atoms. The maximum Gasteiger partial charge on any atom is 0.0503 e. The Hall–Kier alpha value is -2.06. The zero-order valence-corrected chi connectivity index (χ0v) is 17.3. The lowest BCUT2D eigenvalue weighted by Gasteiger charge is -2.18. The highest BCUT2D eigenvalue weighted by molar-refractivity contribution is 6.31. The van der Waals surface area contributed by atoms with E-state index in [0.29, 0.717) is 6.61 Å². The van der Waals surface area contributed by atoms with E-state index < -0.39 is 0 Å². The first-order valence-corrected chi connectivity index (χ1v) is 10.4. The van der Waals surface area contributed by atoms with Crippen LogP contribution in [0.3, 0.4) is 0 Å². The number of halogens is 2. The highest BCUT2D eigenvalue weighted by Crippen LogP contribution is 2.50. The molecule has 0 fully saturated rings. The lowest BCUT2D eigenvalue weighted by Crippen LogP contribution is -2.05. The Balaban J connectivity index is 1.92. The van der Waals surface area contributed by atoms with Gasteiger partial charge in [0.25, 0.3) is 0 Å². The number of rotatable bonds is 6. The van der Waals surface area contributed by atoms with E-state index in [4.69, 9.17) is 27.9 Å². The molecule has 3 aromatic carbocycles. The Morgan fingerprint density at radius 1 is 0.857 bits per heavy atom. The molecule has 0 amide bonds. The van der Waals surface area contributed by atoms with Crippen molar-refractivity contribution in [2.75, 3.05) is 13.2 Å². The Kier molecular flexibility index (Phi) is 5.87. The molecule has 0 aromatic heterocycles. The Bertz CT molecular complexity index is 991. The molecule has 0 saturated carbocycles. The quantitative estimate of drug-likeness (QED) is 0.386. The topological polar surface area (TPSA) is 9.23 Å². The van der Waals surface area contributed by atoms with Gasteiger partial charge in [0.2, 0.25) is 0 Å². The van der Waals surface area contributed by atoms with Crippen molar-refractivity contribution in [2.45, 2.75) is 19.3 Å². The zero-order valence-electron chi connectivity index (χ0n) is 15.8. The second kappa shape index (κ2) is 8.53. The molecule has 1 aliphatic carbocycles. The maximum absolute atomic E-state index is 6.40. The third-order valence-electron chi connectivity index (χ3n) is 5.25. The van der Waals surface area contributed by atoms with Gasteiger partial charge in [0.05, 0.1) is 6.61 Å². The highest BCUT2D eigenvalue weighted by Gasteiger charge is 2.32. The van der Waals surface area contributed by atoms with Crippen molar-refractivity contribution in [1.82, 2.24) is 0 Å². The number of hydrogen-bond donors (Lipinski definition) is 0. The summed E-state index contributed by atoms with van der Waals surface area (Å²) in [7, 11) is 0. The minimum atomic E-state index is 0.182. The van der Waals surface area contributed by atoms with Crippen LogP contribution < -0.4 is 0 Å². The van der Waals surface area contributed by atoms with E-state index in [1.165, 1.54) is 33.4 Å². The van der Waals surface area contributed by atoms with Crippen LogP contribution in [-0.4, -0.2) is 13.2 Å². The molecule has 1 atom stereocenters. The molecule has 1 unspecified atom stereocenters. The van der Waals surface area contributed by atoms with E-state index in [0.717, 1.165) is 23.1 Å². The molecule has 0 aliphatic heterocycles. The summed E-state index contributed by atoms with van der Waals surface area (Å²) < 4.78 is 5.72. The van der Waals surface area contributed by atoms with Crippen LogP contribution in [0.25, 0.3) is 5.57 Å². The van der Waals surface area contributed by atoms with Gasteiger partial charge in [0, 0.05) is 22.6 Å². The molecule has 0 radical (unpaired) electrons. The smallest absolute Gasteiger partial charge is 0.0503 e. The van der Waals surface area contributed by atoms with Gasteiger partial charge in [-0.05, 0) is 71.0 Å². The van der Waals surface area contributed by atoms with Crippen LogP contribution in [0.15, 0.2) is 78.4 Å². The van der Waals surface area contributed by atoms with E-state index in [1.54, 1.807) is 0 Å². The molecular formula is C25H22Cl2O. The first-order valence-electron chi connectivity index (χ1n) is 9.60. The molecule has 1 nitrogen and oxygen atoms in total. The van der Waals surface area contributed by atoms with E-state index in [2.05, 4.69) is 54.6 Å². The number of ether oxygens (including phenoxy) is 1. The van der Waals surface area contributed by atoms with E-state index >= 15 is 0 Å². The lowest BCUT2D eigenvalue weighted by atomic mass is 9.86. The van der Waals surface area contributed by atoms with Crippen LogP contribution in [0.1, 0.15) is 41.5 Å². The summed E-state index contributed by atoms with van der Waals surface area (Å²) >= 11 is 12.6. The maximum atomic E-state index is 6.40. The molecule has 1 aliphatic rings. The largest absolute Gasteiger partial charge is 0.381 e. The minimum Gasteiger partial charge on any atom is -0.381 e. The summed E-state index contributed by atoms with van der Waals surface area (Å²) in [5.41, 5.74) is 7.61. The van der Waals surface area contributed by atoms with Gasteiger partial charge in [0.1, 0.15) is 0 Å². The zero-order chi connectivity index (χ0) is 19.5. The predicted molar refractivity (Wildman–Crippen MR) is 118 cm³/mol. The van der Waals surface area contributed by atoms with E-state index in [-0.39, 0.29) is 5.92 Å². The fraction of sp³-hybridized carbons (Fsp3) is 0.200. The molecule has 0 heterocycles. The summed E-state index contributed by atoms with van der Waals surface area (Å²) in [5.74, 6) is 0.182. The van der Waals surface area contributed by atoms with Crippen molar-refractivity contribution in [2.24, 2.45) is 0 Å². The van der Waals surface area contributed by atoms with E-state index in [9.17, 15) is 0 Å². The fourth-order valence-electron chi connectivity index (χ4n) is 4.08. The Morgan fingerprint density at radius 3 is 2.29 bits per heavy atom. The minimum absolute atomic E-state index is 0.182. The molecule has 142 valence electrons. The molecular weight excluding hydrogens is 387 g/mol. The number of fused-ring (bicyclic) bond motifs is 1. The van der Waals surface area contributed by atoms with Crippen LogP contribution in [0.4, 0.5) is 0 Å². The van der Waals surface area contributed by atoms with Gasteiger partial charge in [-0.25, -0.2) is 0 Å². The average Bonchev–Trinajstić information content (AvgIpc) is 3.02. The Morgan fingerprint density at radius 2 is 1.57 bits per heavy atom. The molecule has 4 rings (SSSR count). The van der Waals surface area contributed by atoms with Gasteiger partial charge >= 0.3 is 0 Å². The van der Waals surface area contributed by atoms with Crippen molar-refractivity contribution >= 4 is 28.8 Å². The molecule has 3 heteroatoms. The molecule has 0 saturated heterocycles. The van der Waals surface area contributed by atoms with Gasteiger partial charge < -0.3 is 4.74 Å². The molecule has 0 bridgehead atoms. The van der Waals surface area contributed by atoms with Crippen molar-refractivity contribution in [3.05, 3.63) is 111 Å². The van der Waals surface area contributed by atoms with Crippen molar-refractivity contribution < 1.29 is 4.74 Å². The van der Waals surface area contributed by atoms with Crippen LogP contribution in [0, 0.1) is 0 Å². The molecule has 0 spiro atoms. The monoisotopic (exact) mass is 408 g/mol. The van der Waals surface area contributed by atoms with Crippen LogP contribution in [-0.2, 0) is 4.74 Å². The average molecular weight is 409 g/mol. The second-order valence-electron chi connectivity index (χ2n) is 6.93. The predicted octanol–water partition coefficient (Wildman–Crippen LogP) is 7.37. The van der Waals surface area contributed by atoms with Crippen molar-refractivity contribution in [3.8, 4) is 0 Å². The first kappa shape index (κ1) is 19.3. The summed E-state index contributed by atoms with van der Waals surface area (Å²) in [6.07, 6.45) is 0.873. The number of benzene rings is 3. The number of hydrogen-bond acceptors (Lipinski definition) is 1. The van der Waals surface area contributed by atoms with Crippen LogP contribution >= 0.6 is 23.2 Å². The highest BCUT2D eigenvalue weighted by atomic mass is 35.5. The standard InChI is InChI=1S/C25H22Cl2O/c1-2-28-15-14-22-24(18-8-10-19(26)11-9-18)21-13-12-20(27)16-23(21)25(22)17-6-4-3-5-7-17/h3-13,16,25H,2,14-15H2,1H3. The summed E-state index contributed by atoms with van der Waals surface area (Å²) in [6, 6.07) is 25.0. The summed E-state index contributed by atoms with van der Waals surface area (Å²) in [4.78, 5) is 0.